The Labute approximate surface area is 156 Å². The van der Waals surface area contributed by atoms with Crippen LogP contribution in [0.1, 0.15) is 17.3 Å². The molecule has 3 aromatic rings. The third-order valence-corrected chi connectivity index (χ3v) is 4.96. The van der Waals surface area contributed by atoms with Gasteiger partial charge in [-0.15, -0.1) is 10.2 Å². The maximum atomic E-state index is 12.7. The molecule has 1 aliphatic heterocycles. The average molecular weight is 368 g/mol. The molecule has 1 saturated heterocycles. The van der Waals surface area contributed by atoms with E-state index in [-0.39, 0.29) is 11.9 Å². The summed E-state index contributed by atoms with van der Waals surface area (Å²) in [5.74, 6) is 0.770. The molecule has 26 heavy (non-hydrogen) atoms. The van der Waals surface area contributed by atoms with Gasteiger partial charge in [0.25, 0.3) is 5.91 Å². The van der Waals surface area contributed by atoms with Crippen molar-refractivity contribution in [3.05, 3.63) is 59.4 Å². The van der Waals surface area contributed by atoms with Gasteiger partial charge in [0, 0.05) is 42.8 Å². The summed E-state index contributed by atoms with van der Waals surface area (Å²) >= 11 is 6.15. The highest BCUT2D eigenvalue weighted by atomic mass is 35.5. The van der Waals surface area contributed by atoms with Crippen LogP contribution in [0.2, 0.25) is 5.15 Å². The number of rotatable bonds is 2. The first kappa shape index (κ1) is 16.7. The molecule has 0 aliphatic carbocycles. The number of hydrogen-bond acceptors (Lipinski definition) is 5. The van der Waals surface area contributed by atoms with E-state index in [1.807, 2.05) is 47.4 Å². The predicted molar refractivity (Wildman–Crippen MR) is 101 cm³/mol. The van der Waals surface area contributed by atoms with E-state index in [9.17, 15) is 4.79 Å². The number of halogens is 1. The quantitative estimate of drug-likeness (QED) is 0.696. The zero-order chi connectivity index (χ0) is 18.1. The Bertz CT molecular complexity index is 949. The molecular formula is C19H18ClN5O. The molecule has 1 amide bonds. The molecule has 0 saturated carbocycles. The van der Waals surface area contributed by atoms with Gasteiger partial charge in [0.1, 0.15) is 5.52 Å². The van der Waals surface area contributed by atoms with Gasteiger partial charge in [-0.25, -0.2) is 0 Å². The summed E-state index contributed by atoms with van der Waals surface area (Å²) in [5.41, 5.74) is 1.45. The number of pyridine rings is 1. The average Bonchev–Trinajstić information content (AvgIpc) is 2.69. The first-order chi connectivity index (χ1) is 12.6. The first-order valence-corrected chi connectivity index (χ1v) is 8.91. The Morgan fingerprint density at radius 2 is 1.92 bits per heavy atom. The lowest BCUT2D eigenvalue weighted by molar-refractivity contribution is 0.0726. The predicted octanol–water partition coefficient (Wildman–Crippen LogP) is 3.03. The molecule has 132 valence electrons. The van der Waals surface area contributed by atoms with Gasteiger partial charge >= 0.3 is 0 Å². The fraction of sp³-hybridized carbons (Fsp3) is 0.263. The molecule has 1 aromatic carbocycles. The van der Waals surface area contributed by atoms with Gasteiger partial charge in [-0.3, -0.25) is 9.78 Å². The highest BCUT2D eigenvalue weighted by molar-refractivity contribution is 6.34. The van der Waals surface area contributed by atoms with Crippen LogP contribution in [-0.4, -0.2) is 51.7 Å². The molecule has 0 bridgehead atoms. The van der Waals surface area contributed by atoms with Crippen molar-refractivity contribution in [3.8, 4) is 0 Å². The van der Waals surface area contributed by atoms with Gasteiger partial charge in [0.15, 0.2) is 11.0 Å². The summed E-state index contributed by atoms with van der Waals surface area (Å²) in [4.78, 5) is 21.2. The highest BCUT2D eigenvalue weighted by Gasteiger charge is 2.29. The molecule has 0 radical (unpaired) electrons. The molecule has 2 aromatic heterocycles. The summed E-state index contributed by atoms with van der Waals surface area (Å²) < 4.78 is 0. The number of anilines is 1. The number of benzene rings is 1. The van der Waals surface area contributed by atoms with Crippen molar-refractivity contribution in [2.75, 3.05) is 24.5 Å². The third-order valence-electron chi connectivity index (χ3n) is 4.68. The van der Waals surface area contributed by atoms with Gasteiger partial charge in [-0.05, 0) is 31.2 Å². The molecule has 0 unspecified atom stereocenters. The van der Waals surface area contributed by atoms with E-state index in [1.165, 1.54) is 0 Å². The zero-order valence-corrected chi connectivity index (χ0v) is 15.1. The fourth-order valence-corrected chi connectivity index (χ4v) is 3.55. The van der Waals surface area contributed by atoms with Gasteiger partial charge < -0.3 is 9.80 Å². The molecule has 1 fully saturated rings. The largest absolute Gasteiger partial charge is 0.347 e. The Balaban J connectivity index is 1.59. The number of carbonyl (C=O) groups excluding carboxylic acids is 1. The zero-order valence-electron chi connectivity index (χ0n) is 14.3. The van der Waals surface area contributed by atoms with Crippen LogP contribution in [0.5, 0.6) is 0 Å². The lowest BCUT2D eigenvalue weighted by Gasteiger charge is -2.40. The minimum absolute atomic E-state index is 0.0577. The molecule has 4 rings (SSSR count). The van der Waals surface area contributed by atoms with E-state index in [1.54, 1.807) is 6.20 Å². The van der Waals surface area contributed by atoms with Crippen LogP contribution in [0.4, 0.5) is 5.82 Å². The lowest BCUT2D eigenvalue weighted by atomic mass is 10.1. The monoisotopic (exact) mass is 367 g/mol. The Hall–Kier alpha value is -2.73. The van der Waals surface area contributed by atoms with E-state index in [0.717, 1.165) is 10.9 Å². The number of aromatic nitrogens is 3. The summed E-state index contributed by atoms with van der Waals surface area (Å²) in [7, 11) is 0. The first-order valence-electron chi connectivity index (χ1n) is 8.53. The number of amides is 1. The molecule has 0 N–H and O–H groups in total. The van der Waals surface area contributed by atoms with Crippen molar-refractivity contribution in [1.82, 2.24) is 20.1 Å². The summed E-state index contributed by atoms with van der Waals surface area (Å²) in [6, 6.07) is 13.2. The summed E-state index contributed by atoms with van der Waals surface area (Å²) in [6.07, 6.45) is 1.73. The van der Waals surface area contributed by atoms with Crippen LogP contribution < -0.4 is 4.90 Å². The lowest BCUT2D eigenvalue weighted by Crippen LogP contribution is -2.54. The normalized spacial score (nSPS) is 17.5. The summed E-state index contributed by atoms with van der Waals surface area (Å²) in [5, 5.41) is 9.49. The van der Waals surface area contributed by atoms with E-state index in [0.29, 0.717) is 36.2 Å². The number of carbonyl (C=O) groups is 1. The van der Waals surface area contributed by atoms with Gasteiger partial charge in [-0.1, -0.05) is 29.8 Å². The second kappa shape index (κ2) is 6.88. The molecule has 6 nitrogen and oxygen atoms in total. The molecule has 3 heterocycles. The van der Waals surface area contributed by atoms with E-state index in [2.05, 4.69) is 27.0 Å². The van der Waals surface area contributed by atoms with Crippen molar-refractivity contribution in [1.29, 1.82) is 0 Å². The molecule has 1 atom stereocenters. The molecule has 7 heteroatoms. The Kier molecular flexibility index (Phi) is 4.42. The SMILES string of the molecule is C[C@@H]1CN(C(=O)c2ccccc2)CCN1c1nnc(Cl)c2cccnc12. The van der Waals surface area contributed by atoms with Crippen molar-refractivity contribution in [2.45, 2.75) is 13.0 Å². The standard InChI is InChI=1S/C19H18ClN5O/c1-13-12-24(19(26)14-6-3-2-4-7-14)10-11-25(13)18-16-15(8-5-9-21-16)17(20)22-23-18/h2-9,13H,10-12H2,1H3/t13-/m1/s1. The van der Waals surface area contributed by atoms with Crippen LogP contribution >= 0.6 is 11.6 Å². The second-order valence-corrected chi connectivity index (χ2v) is 6.73. The molecule has 0 spiro atoms. The summed E-state index contributed by atoms with van der Waals surface area (Å²) in [6.45, 7) is 3.99. The van der Waals surface area contributed by atoms with Crippen molar-refractivity contribution < 1.29 is 4.79 Å². The fourth-order valence-electron chi connectivity index (χ4n) is 3.36. The third kappa shape index (κ3) is 2.97. The Morgan fingerprint density at radius 3 is 2.69 bits per heavy atom. The van der Waals surface area contributed by atoms with Crippen LogP contribution in [0.3, 0.4) is 0 Å². The van der Waals surface area contributed by atoms with Crippen LogP contribution in [0, 0.1) is 0 Å². The number of fused-ring (bicyclic) bond motifs is 1. The van der Waals surface area contributed by atoms with Gasteiger partial charge in [-0.2, -0.15) is 0 Å². The second-order valence-electron chi connectivity index (χ2n) is 6.37. The van der Waals surface area contributed by atoms with E-state index >= 15 is 0 Å². The Morgan fingerprint density at radius 1 is 1.12 bits per heavy atom. The minimum Gasteiger partial charge on any atom is -0.347 e. The van der Waals surface area contributed by atoms with Crippen molar-refractivity contribution >= 4 is 34.2 Å². The highest BCUT2D eigenvalue weighted by Crippen LogP contribution is 2.28. The molecular weight excluding hydrogens is 350 g/mol. The number of hydrogen-bond donors (Lipinski definition) is 0. The topological polar surface area (TPSA) is 62.2 Å². The smallest absolute Gasteiger partial charge is 0.253 e. The maximum absolute atomic E-state index is 12.7. The van der Waals surface area contributed by atoms with E-state index in [4.69, 9.17) is 11.6 Å². The molecule has 1 aliphatic rings. The van der Waals surface area contributed by atoms with Crippen LogP contribution in [-0.2, 0) is 0 Å². The number of piperazine rings is 1. The van der Waals surface area contributed by atoms with Gasteiger partial charge in [0.2, 0.25) is 0 Å². The van der Waals surface area contributed by atoms with Crippen molar-refractivity contribution in [3.63, 3.8) is 0 Å². The maximum Gasteiger partial charge on any atom is 0.253 e. The number of nitrogens with zero attached hydrogens (tertiary/aromatic N) is 5. The van der Waals surface area contributed by atoms with Crippen LogP contribution in [0.25, 0.3) is 10.9 Å². The van der Waals surface area contributed by atoms with Gasteiger partial charge in [0.05, 0.1) is 0 Å². The van der Waals surface area contributed by atoms with Crippen LogP contribution in [0.15, 0.2) is 48.7 Å². The van der Waals surface area contributed by atoms with Crippen molar-refractivity contribution in [2.24, 2.45) is 0 Å². The minimum atomic E-state index is 0.0577. The van der Waals surface area contributed by atoms with E-state index < -0.39 is 0 Å².